The maximum absolute atomic E-state index is 12.9. The van der Waals surface area contributed by atoms with Crippen LogP contribution in [0.3, 0.4) is 0 Å². The molecule has 0 radical (unpaired) electrons. The summed E-state index contributed by atoms with van der Waals surface area (Å²) in [6.45, 7) is 2.93. The Morgan fingerprint density at radius 1 is 1.14 bits per heavy atom. The summed E-state index contributed by atoms with van der Waals surface area (Å²) in [5.74, 6) is 0.0912. The van der Waals surface area contributed by atoms with Crippen LogP contribution in [0.15, 0.2) is 54.9 Å². The number of rotatable bonds is 6. The van der Waals surface area contributed by atoms with Gasteiger partial charge in [-0.15, -0.1) is 0 Å². The third kappa shape index (κ3) is 4.46. The van der Waals surface area contributed by atoms with Crippen LogP contribution in [0.2, 0.25) is 0 Å². The predicted octanol–water partition coefficient (Wildman–Crippen LogP) is 2.80. The van der Waals surface area contributed by atoms with Crippen molar-refractivity contribution >= 4 is 28.7 Å². The summed E-state index contributed by atoms with van der Waals surface area (Å²) >= 11 is 0. The minimum Gasteiger partial charge on any atom is -0.490 e. The van der Waals surface area contributed by atoms with Gasteiger partial charge in [0.15, 0.2) is 17.1 Å². The molecule has 1 fully saturated rings. The molecule has 5 rings (SSSR count). The topological polar surface area (TPSA) is 137 Å². The van der Waals surface area contributed by atoms with Crippen LogP contribution in [0.1, 0.15) is 10.5 Å². The Labute approximate surface area is 199 Å². The molecule has 1 aliphatic rings. The summed E-state index contributed by atoms with van der Waals surface area (Å²) in [5.41, 5.74) is 2.40. The number of nitro groups is 1. The van der Waals surface area contributed by atoms with Crippen LogP contribution in [0.4, 0.5) is 17.2 Å². The molecule has 12 heteroatoms. The molecule has 0 atom stereocenters. The molecule has 0 unspecified atom stereocenters. The van der Waals surface area contributed by atoms with Crippen LogP contribution in [-0.4, -0.2) is 63.8 Å². The van der Waals surface area contributed by atoms with Crippen molar-refractivity contribution < 1.29 is 19.2 Å². The molecule has 0 spiro atoms. The number of morpholine rings is 1. The summed E-state index contributed by atoms with van der Waals surface area (Å²) in [5, 5.41) is 18.6. The zero-order valence-corrected chi connectivity index (χ0v) is 18.7. The molecule has 4 heterocycles. The second-order valence-corrected chi connectivity index (χ2v) is 7.73. The van der Waals surface area contributed by atoms with E-state index in [4.69, 9.17) is 9.47 Å². The van der Waals surface area contributed by atoms with E-state index in [0.29, 0.717) is 35.9 Å². The molecule has 178 valence electrons. The molecule has 1 aliphatic heterocycles. The van der Waals surface area contributed by atoms with Gasteiger partial charge in [-0.05, 0) is 30.3 Å². The maximum Gasteiger partial charge on any atom is 0.311 e. The third-order valence-corrected chi connectivity index (χ3v) is 5.63. The Hall–Kier alpha value is -4.58. The lowest BCUT2D eigenvalue weighted by molar-refractivity contribution is -0.385. The number of anilines is 2. The first-order valence-electron chi connectivity index (χ1n) is 10.8. The van der Waals surface area contributed by atoms with E-state index in [-0.39, 0.29) is 17.1 Å². The minimum absolute atomic E-state index is 0.131. The number of ether oxygens (including phenoxy) is 2. The molecule has 1 saturated heterocycles. The molecular weight excluding hydrogens is 454 g/mol. The van der Waals surface area contributed by atoms with Gasteiger partial charge in [0.1, 0.15) is 5.82 Å². The highest BCUT2D eigenvalue weighted by Crippen LogP contribution is 2.32. The van der Waals surface area contributed by atoms with E-state index in [9.17, 15) is 14.9 Å². The van der Waals surface area contributed by atoms with Crippen LogP contribution in [0, 0.1) is 10.1 Å². The molecule has 4 aromatic rings. The lowest BCUT2D eigenvalue weighted by Gasteiger charge is -2.28. The SMILES string of the molecule is COc1ccc(-c2ccnc3cc(C(=O)Nc4ccc(N5CCOCC5)cn4)nn23)cc1[N+](=O)[O-]. The van der Waals surface area contributed by atoms with E-state index in [1.165, 1.54) is 23.8 Å². The zero-order chi connectivity index (χ0) is 24.4. The summed E-state index contributed by atoms with van der Waals surface area (Å²) in [4.78, 5) is 34.5. The summed E-state index contributed by atoms with van der Waals surface area (Å²) in [7, 11) is 1.37. The van der Waals surface area contributed by atoms with E-state index in [0.717, 1.165) is 18.8 Å². The standard InChI is InChI=1S/C23H21N7O5/c1-34-20-4-2-15(12-19(20)30(32)33)18-6-7-24-22-13-17(27-29(18)22)23(31)26-21-5-3-16(14-25-21)28-8-10-35-11-9-28/h2-7,12-14H,8-11H2,1H3,(H,25,26,31). The maximum atomic E-state index is 12.9. The van der Waals surface area contributed by atoms with E-state index in [1.807, 2.05) is 6.07 Å². The number of benzene rings is 1. The fourth-order valence-corrected chi connectivity index (χ4v) is 3.87. The highest BCUT2D eigenvalue weighted by atomic mass is 16.6. The number of carbonyl (C=O) groups is 1. The van der Waals surface area contributed by atoms with Crippen molar-refractivity contribution in [2.75, 3.05) is 43.6 Å². The number of carbonyl (C=O) groups excluding carboxylic acids is 1. The molecule has 3 aromatic heterocycles. The van der Waals surface area contributed by atoms with Crippen molar-refractivity contribution in [3.63, 3.8) is 0 Å². The molecule has 1 aromatic carbocycles. The van der Waals surface area contributed by atoms with E-state index < -0.39 is 10.8 Å². The molecular formula is C23H21N7O5. The number of nitrogens with zero attached hydrogens (tertiary/aromatic N) is 6. The van der Waals surface area contributed by atoms with Crippen molar-refractivity contribution in [3.05, 3.63) is 70.7 Å². The molecule has 0 aliphatic carbocycles. The largest absolute Gasteiger partial charge is 0.490 e. The number of nitro benzene ring substituents is 1. The number of amides is 1. The average Bonchev–Trinajstić information content (AvgIpc) is 3.34. The van der Waals surface area contributed by atoms with E-state index in [2.05, 4.69) is 25.3 Å². The van der Waals surface area contributed by atoms with Crippen LogP contribution >= 0.6 is 0 Å². The van der Waals surface area contributed by atoms with Gasteiger partial charge in [-0.2, -0.15) is 5.10 Å². The summed E-state index contributed by atoms with van der Waals surface area (Å²) in [6, 6.07) is 11.4. The van der Waals surface area contributed by atoms with Gasteiger partial charge in [0.05, 0.1) is 42.8 Å². The number of fused-ring (bicyclic) bond motifs is 1. The van der Waals surface area contributed by atoms with Gasteiger partial charge in [0, 0.05) is 37.0 Å². The van der Waals surface area contributed by atoms with Gasteiger partial charge in [0.2, 0.25) is 0 Å². The monoisotopic (exact) mass is 475 g/mol. The number of aromatic nitrogens is 4. The highest BCUT2D eigenvalue weighted by Gasteiger charge is 2.19. The van der Waals surface area contributed by atoms with Crippen LogP contribution in [0.5, 0.6) is 5.75 Å². The first-order valence-corrected chi connectivity index (χ1v) is 10.8. The van der Waals surface area contributed by atoms with Gasteiger partial charge in [0.25, 0.3) is 5.91 Å². The number of hydrogen-bond acceptors (Lipinski definition) is 9. The Bertz CT molecular complexity index is 1400. The molecule has 1 amide bonds. The van der Waals surface area contributed by atoms with E-state index >= 15 is 0 Å². The first kappa shape index (κ1) is 22.2. The second-order valence-electron chi connectivity index (χ2n) is 7.73. The van der Waals surface area contributed by atoms with Gasteiger partial charge in [-0.1, -0.05) is 0 Å². The minimum atomic E-state index is -0.514. The van der Waals surface area contributed by atoms with Crippen molar-refractivity contribution in [2.45, 2.75) is 0 Å². The third-order valence-electron chi connectivity index (χ3n) is 5.63. The normalized spacial score (nSPS) is 13.6. The van der Waals surface area contributed by atoms with Gasteiger partial charge in [-0.25, -0.2) is 14.5 Å². The van der Waals surface area contributed by atoms with Crippen LogP contribution in [-0.2, 0) is 4.74 Å². The van der Waals surface area contributed by atoms with Crippen molar-refractivity contribution in [1.29, 1.82) is 0 Å². The second kappa shape index (κ2) is 9.35. The zero-order valence-electron chi connectivity index (χ0n) is 18.7. The molecule has 0 bridgehead atoms. The lowest BCUT2D eigenvalue weighted by Crippen LogP contribution is -2.36. The van der Waals surface area contributed by atoms with Crippen LogP contribution in [0.25, 0.3) is 16.9 Å². The fourth-order valence-electron chi connectivity index (χ4n) is 3.87. The first-order chi connectivity index (χ1) is 17.0. The number of methoxy groups -OCH3 is 1. The molecule has 12 nitrogen and oxygen atoms in total. The van der Waals surface area contributed by atoms with Crippen molar-refractivity contribution in [3.8, 4) is 17.0 Å². The lowest BCUT2D eigenvalue weighted by atomic mass is 10.1. The molecule has 1 N–H and O–H groups in total. The number of hydrogen-bond donors (Lipinski definition) is 1. The van der Waals surface area contributed by atoms with Crippen molar-refractivity contribution in [2.24, 2.45) is 0 Å². The van der Waals surface area contributed by atoms with Crippen molar-refractivity contribution in [1.82, 2.24) is 19.6 Å². The van der Waals surface area contributed by atoms with Crippen LogP contribution < -0.4 is 15.0 Å². The quantitative estimate of drug-likeness (QED) is 0.330. The Kier molecular flexibility index (Phi) is 5.94. The van der Waals surface area contributed by atoms with Gasteiger partial charge >= 0.3 is 5.69 Å². The smallest absolute Gasteiger partial charge is 0.311 e. The molecule has 35 heavy (non-hydrogen) atoms. The Morgan fingerprint density at radius 2 is 1.97 bits per heavy atom. The average molecular weight is 475 g/mol. The fraction of sp³-hybridized carbons (Fsp3) is 0.217. The highest BCUT2D eigenvalue weighted by molar-refractivity contribution is 6.03. The van der Waals surface area contributed by atoms with Gasteiger partial charge in [-0.3, -0.25) is 14.9 Å². The number of nitrogens with one attached hydrogen (secondary N) is 1. The molecule has 0 saturated carbocycles. The Morgan fingerprint density at radius 3 is 2.69 bits per heavy atom. The van der Waals surface area contributed by atoms with Gasteiger partial charge < -0.3 is 19.7 Å². The summed E-state index contributed by atoms with van der Waals surface area (Å²) in [6.07, 6.45) is 3.26. The predicted molar refractivity (Wildman–Crippen MR) is 127 cm³/mol. The Balaban J connectivity index is 1.39. The van der Waals surface area contributed by atoms with E-state index in [1.54, 1.807) is 36.7 Å². The summed E-state index contributed by atoms with van der Waals surface area (Å²) < 4.78 is 11.9. The number of pyridine rings is 1.